The Labute approximate surface area is 168 Å². The highest BCUT2D eigenvalue weighted by Gasteiger charge is 2.53. The highest BCUT2D eigenvalue weighted by molar-refractivity contribution is 5.83. The number of halogens is 3. The predicted octanol–water partition coefficient (Wildman–Crippen LogP) is 2.70. The summed E-state index contributed by atoms with van der Waals surface area (Å²) in [6, 6.07) is 8.51. The van der Waals surface area contributed by atoms with Gasteiger partial charge in [0.2, 0.25) is 5.91 Å². The Balaban J connectivity index is 0.000000370. The van der Waals surface area contributed by atoms with Gasteiger partial charge >= 0.3 is 12.1 Å². The number of carboxylic acids is 1. The zero-order chi connectivity index (χ0) is 21.8. The Kier molecular flexibility index (Phi) is 7.29. The molecule has 2 atom stereocenters. The molecule has 2 saturated heterocycles. The Bertz CT molecular complexity index is 739. The van der Waals surface area contributed by atoms with Crippen molar-refractivity contribution < 1.29 is 32.6 Å². The van der Waals surface area contributed by atoms with E-state index in [0.717, 1.165) is 32.5 Å². The van der Waals surface area contributed by atoms with Gasteiger partial charge in [0, 0.05) is 40.3 Å². The number of aliphatic carboxylic acids is 1. The van der Waals surface area contributed by atoms with Crippen molar-refractivity contribution in [3.8, 4) is 0 Å². The molecule has 9 heteroatoms. The number of fused-ring (bicyclic) bond motifs is 1. The number of carboxylic acid groups (broad SMARTS) is 1. The predicted molar refractivity (Wildman–Crippen MR) is 100 cm³/mol. The molecule has 162 valence electrons. The molecule has 0 bridgehead atoms. The zero-order valence-corrected chi connectivity index (χ0v) is 16.8. The van der Waals surface area contributed by atoms with Crippen molar-refractivity contribution in [1.82, 2.24) is 9.80 Å². The summed E-state index contributed by atoms with van der Waals surface area (Å²) in [6.07, 6.45) is -3.19. The van der Waals surface area contributed by atoms with Crippen molar-refractivity contribution in [2.45, 2.75) is 38.6 Å². The van der Waals surface area contributed by atoms with Crippen LogP contribution >= 0.6 is 0 Å². The fourth-order valence-corrected chi connectivity index (χ4v) is 3.94. The number of rotatable bonds is 3. The topological polar surface area (TPSA) is 70.1 Å². The first-order valence-corrected chi connectivity index (χ1v) is 9.37. The molecule has 0 radical (unpaired) electrons. The summed E-state index contributed by atoms with van der Waals surface area (Å²) >= 11 is 0. The van der Waals surface area contributed by atoms with Gasteiger partial charge in [-0.2, -0.15) is 13.2 Å². The number of carbonyl (C=O) groups excluding carboxylic acids is 1. The molecule has 1 aromatic carbocycles. The first-order valence-electron chi connectivity index (χ1n) is 9.37. The lowest BCUT2D eigenvalue weighted by atomic mass is 9.75. The van der Waals surface area contributed by atoms with Gasteiger partial charge in [-0.15, -0.1) is 0 Å². The van der Waals surface area contributed by atoms with Crippen LogP contribution in [0.1, 0.15) is 24.0 Å². The average molecular weight is 416 g/mol. The fourth-order valence-electron chi connectivity index (χ4n) is 3.94. The van der Waals surface area contributed by atoms with Crippen molar-refractivity contribution in [1.29, 1.82) is 0 Å². The number of hydrogen-bond donors (Lipinski definition) is 1. The second kappa shape index (κ2) is 9.13. The number of ether oxygens (including phenoxy) is 1. The van der Waals surface area contributed by atoms with E-state index in [0.29, 0.717) is 6.61 Å². The molecule has 2 aliphatic rings. The largest absolute Gasteiger partial charge is 0.490 e. The van der Waals surface area contributed by atoms with Gasteiger partial charge in [-0.1, -0.05) is 24.3 Å². The average Bonchev–Trinajstić information content (AvgIpc) is 3.07. The van der Waals surface area contributed by atoms with Crippen LogP contribution in [-0.2, 0) is 20.9 Å². The second-order valence-electron chi connectivity index (χ2n) is 7.69. The van der Waals surface area contributed by atoms with Crippen LogP contribution in [0.15, 0.2) is 24.3 Å². The maximum Gasteiger partial charge on any atom is 0.490 e. The summed E-state index contributed by atoms with van der Waals surface area (Å²) in [5.41, 5.74) is 2.33. The van der Waals surface area contributed by atoms with Crippen molar-refractivity contribution in [2.24, 2.45) is 5.41 Å². The molecule has 6 nitrogen and oxygen atoms in total. The van der Waals surface area contributed by atoms with E-state index >= 15 is 0 Å². The van der Waals surface area contributed by atoms with Gasteiger partial charge in [-0.25, -0.2) is 4.79 Å². The number of nitrogens with zero attached hydrogens (tertiary/aromatic N) is 2. The van der Waals surface area contributed by atoms with Crippen LogP contribution in [0, 0.1) is 12.3 Å². The van der Waals surface area contributed by atoms with Crippen LogP contribution in [0.5, 0.6) is 0 Å². The minimum absolute atomic E-state index is 0.0931. The molecular formula is C20H27F3N2O4. The number of benzene rings is 1. The molecule has 2 heterocycles. The minimum atomic E-state index is -5.08. The molecule has 3 rings (SSSR count). The number of piperidine rings is 1. The van der Waals surface area contributed by atoms with Crippen LogP contribution < -0.4 is 0 Å². The van der Waals surface area contributed by atoms with E-state index in [1.165, 1.54) is 11.1 Å². The number of carbonyl (C=O) groups is 2. The zero-order valence-electron chi connectivity index (χ0n) is 16.8. The van der Waals surface area contributed by atoms with Gasteiger partial charge in [-0.05, 0) is 30.9 Å². The van der Waals surface area contributed by atoms with Gasteiger partial charge in [0.05, 0.1) is 11.5 Å². The fraction of sp³-hybridized carbons (Fsp3) is 0.600. The molecule has 29 heavy (non-hydrogen) atoms. The summed E-state index contributed by atoms with van der Waals surface area (Å²) < 4.78 is 37.6. The molecule has 2 fully saturated rings. The van der Waals surface area contributed by atoms with Crippen molar-refractivity contribution in [3.63, 3.8) is 0 Å². The second-order valence-corrected chi connectivity index (χ2v) is 7.69. The van der Waals surface area contributed by atoms with Gasteiger partial charge in [0.1, 0.15) is 0 Å². The number of amides is 1. The number of alkyl halides is 3. The van der Waals surface area contributed by atoms with Crippen LogP contribution in [0.3, 0.4) is 0 Å². The van der Waals surface area contributed by atoms with Gasteiger partial charge in [0.25, 0.3) is 0 Å². The van der Waals surface area contributed by atoms with Crippen molar-refractivity contribution >= 4 is 11.9 Å². The summed E-state index contributed by atoms with van der Waals surface area (Å²) in [6.45, 7) is 5.59. The molecule has 1 amide bonds. The van der Waals surface area contributed by atoms with E-state index in [1.54, 1.807) is 4.90 Å². The molecule has 1 aromatic rings. The Morgan fingerprint density at radius 3 is 2.48 bits per heavy atom. The van der Waals surface area contributed by atoms with Crippen LogP contribution in [0.2, 0.25) is 0 Å². The standard InChI is InChI=1S/C18H26N2O2.C2HF3O2/c1-14-6-4-5-7-15(14)12-20-10-8-16-18(13-20,9-11-22-16)17(21)19(2)3;3-2(4,5)1(6)7/h4-7,16H,8-13H2,1-3H3;(H,6,7)/t16-,18-;/m1./s1. The number of aryl methyl sites for hydroxylation is 1. The summed E-state index contributed by atoms with van der Waals surface area (Å²) in [4.78, 5) is 25.8. The Hall–Kier alpha value is -2.13. The van der Waals surface area contributed by atoms with Crippen molar-refractivity contribution in [2.75, 3.05) is 33.8 Å². The minimum Gasteiger partial charge on any atom is -0.475 e. The third-order valence-corrected chi connectivity index (χ3v) is 5.43. The maximum absolute atomic E-state index is 12.8. The van der Waals surface area contributed by atoms with Gasteiger partial charge < -0.3 is 14.7 Å². The Morgan fingerprint density at radius 1 is 1.31 bits per heavy atom. The van der Waals surface area contributed by atoms with E-state index in [9.17, 15) is 18.0 Å². The van der Waals surface area contributed by atoms with E-state index in [4.69, 9.17) is 14.6 Å². The lowest BCUT2D eigenvalue weighted by molar-refractivity contribution is -0.192. The SMILES string of the molecule is Cc1ccccc1CN1CC[C@H]2OCC[C@@]2(C(=O)N(C)C)C1.O=C(O)C(F)(F)F. The molecule has 0 spiro atoms. The molecule has 0 saturated carbocycles. The maximum atomic E-state index is 12.8. The lowest BCUT2D eigenvalue weighted by Crippen LogP contribution is -2.56. The van der Waals surface area contributed by atoms with E-state index in [2.05, 4.69) is 36.1 Å². The summed E-state index contributed by atoms with van der Waals surface area (Å²) in [5.74, 6) is -2.53. The molecule has 0 aromatic heterocycles. The first-order chi connectivity index (χ1) is 13.5. The molecule has 0 aliphatic carbocycles. The van der Waals surface area contributed by atoms with E-state index in [-0.39, 0.29) is 17.4 Å². The smallest absolute Gasteiger partial charge is 0.475 e. The number of likely N-dealkylation sites (tertiary alicyclic amines) is 1. The third-order valence-electron chi connectivity index (χ3n) is 5.43. The molecule has 1 N–H and O–H groups in total. The highest BCUT2D eigenvalue weighted by atomic mass is 19.4. The number of hydrogen-bond acceptors (Lipinski definition) is 4. The Morgan fingerprint density at radius 2 is 1.93 bits per heavy atom. The molecular weight excluding hydrogens is 389 g/mol. The van der Waals surface area contributed by atoms with E-state index < -0.39 is 12.1 Å². The molecule has 2 aliphatic heterocycles. The van der Waals surface area contributed by atoms with Crippen molar-refractivity contribution in [3.05, 3.63) is 35.4 Å². The molecule has 0 unspecified atom stereocenters. The van der Waals surface area contributed by atoms with Crippen LogP contribution in [0.4, 0.5) is 13.2 Å². The third kappa shape index (κ3) is 5.48. The summed E-state index contributed by atoms with van der Waals surface area (Å²) in [5, 5.41) is 7.12. The quantitative estimate of drug-likeness (QED) is 0.821. The monoisotopic (exact) mass is 416 g/mol. The van der Waals surface area contributed by atoms with Gasteiger partial charge in [0.15, 0.2) is 0 Å². The lowest BCUT2D eigenvalue weighted by Gasteiger charge is -2.43. The highest BCUT2D eigenvalue weighted by Crippen LogP contribution is 2.42. The van der Waals surface area contributed by atoms with Gasteiger partial charge in [-0.3, -0.25) is 9.69 Å². The van der Waals surface area contributed by atoms with Crippen LogP contribution in [0.25, 0.3) is 0 Å². The summed E-state index contributed by atoms with van der Waals surface area (Å²) in [7, 11) is 3.71. The normalized spacial score (nSPS) is 24.3. The first kappa shape index (κ1) is 23.2. The van der Waals surface area contributed by atoms with Crippen LogP contribution in [-0.4, -0.2) is 72.9 Å². The van der Waals surface area contributed by atoms with E-state index in [1.807, 2.05) is 14.1 Å².